The molecule has 2 N–H and O–H groups in total. The molecular weight excluding hydrogens is 340 g/mol. The molecule has 2 aromatic carbocycles. The Kier molecular flexibility index (Phi) is 5.02. The number of carbonyl (C=O) groups is 2. The highest BCUT2D eigenvalue weighted by Crippen LogP contribution is 2.48. The zero-order chi connectivity index (χ0) is 18.8. The van der Waals surface area contributed by atoms with E-state index in [9.17, 15) is 18.4 Å². The third-order valence-electron chi connectivity index (χ3n) is 4.77. The average molecular weight is 359 g/mol. The second-order valence-electron chi connectivity index (χ2n) is 6.61. The van der Waals surface area contributed by atoms with Gasteiger partial charge in [0, 0.05) is 5.92 Å². The fraction of sp³-hybridized carbons (Fsp3) is 0.300. The zero-order valence-corrected chi connectivity index (χ0v) is 14.2. The molecule has 1 fully saturated rings. The molecule has 2 aromatic rings. The minimum absolute atomic E-state index is 0.191. The molecule has 0 saturated heterocycles. The van der Waals surface area contributed by atoms with Gasteiger partial charge in [-0.1, -0.05) is 36.4 Å². The molecule has 1 aliphatic rings. The largest absolute Gasteiger partial charge is 0.481 e. The summed E-state index contributed by atoms with van der Waals surface area (Å²) < 4.78 is 27.3. The Hall–Kier alpha value is -2.76. The van der Waals surface area contributed by atoms with Crippen LogP contribution in [-0.2, 0) is 9.59 Å². The Balaban J connectivity index is 1.74. The van der Waals surface area contributed by atoms with Crippen molar-refractivity contribution in [1.29, 1.82) is 0 Å². The SMILES string of the molecule is Cc1ccccc1C(CC(=O)O)NC(=O)C1CC1c1cccc(F)c1F. The molecule has 3 atom stereocenters. The van der Waals surface area contributed by atoms with Crippen molar-refractivity contribution in [1.82, 2.24) is 5.32 Å². The van der Waals surface area contributed by atoms with E-state index in [1.165, 1.54) is 12.1 Å². The molecule has 0 spiro atoms. The first-order valence-corrected chi connectivity index (χ1v) is 8.40. The molecule has 3 rings (SSSR count). The number of hydrogen-bond donors (Lipinski definition) is 2. The number of aryl methyl sites for hydroxylation is 1. The molecule has 1 amide bonds. The molecule has 0 radical (unpaired) electrons. The van der Waals surface area contributed by atoms with Crippen LogP contribution in [0.5, 0.6) is 0 Å². The highest BCUT2D eigenvalue weighted by molar-refractivity contribution is 5.84. The van der Waals surface area contributed by atoms with Crippen molar-refractivity contribution in [2.24, 2.45) is 5.92 Å². The van der Waals surface area contributed by atoms with Crippen molar-refractivity contribution in [3.8, 4) is 0 Å². The average Bonchev–Trinajstić information content (AvgIpc) is 3.37. The van der Waals surface area contributed by atoms with Crippen molar-refractivity contribution in [2.45, 2.75) is 31.7 Å². The monoisotopic (exact) mass is 359 g/mol. The molecule has 3 unspecified atom stereocenters. The van der Waals surface area contributed by atoms with Crippen molar-refractivity contribution in [3.05, 3.63) is 70.8 Å². The van der Waals surface area contributed by atoms with Gasteiger partial charge in [0.1, 0.15) is 0 Å². The highest BCUT2D eigenvalue weighted by Gasteiger charge is 2.46. The second kappa shape index (κ2) is 7.23. The van der Waals surface area contributed by atoms with Crippen LogP contribution < -0.4 is 5.32 Å². The van der Waals surface area contributed by atoms with Crippen LogP contribution in [0.4, 0.5) is 8.78 Å². The quantitative estimate of drug-likeness (QED) is 0.826. The lowest BCUT2D eigenvalue weighted by Crippen LogP contribution is -2.32. The van der Waals surface area contributed by atoms with Crippen LogP contribution in [0.15, 0.2) is 42.5 Å². The van der Waals surface area contributed by atoms with Crippen LogP contribution in [0, 0.1) is 24.5 Å². The maximum atomic E-state index is 13.9. The lowest BCUT2D eigenvalue weighted by molar-refractivity contribution is -0.137. The molecule has 26 heavy (non-hydrogen) atoms. The number of nitrogens with one attached hydrogen (secondary N) is 1. The number of aliphatic carboxylic acids is 1. The molecule has 136 valence electrons. The van der Waals surface area contributed by atoms with E-state index < -0.39 is 29.6 Å². The topological polar surface area (TPSA) is 66.4 Å². The fourth-order valence-corrected chi connectivity index (χ4v) is 3.31. The van der Waals surface area contributed by atoms with E-state index in [1.54, 1.807) is 12.1 Å². The number of carbonyl (C=O) groups excluding carboxylic acids is 1. The third-order valence-corrected chi connectivity index (χ3v) is 4.77. The number of halogens is 2. The summed E-state index contributed by atoms with van der Waals surface area (Å²) in [5.74, 6) is -4.08. The van der Waals surface area contributed by atoms with Crippen molar-refractivity contribution in [2.75, 3.05) is 0 Å². The van der Waals surface area contributed by atoms with Gasteiger partial charge in [0.25, 0.3) is 0 Å². The maximum Gasteiger partial charge on any atom is 0.305 e. The molecule has 1 aliphatic carbocycles. The smallest absolute Gasteiger partial charge is 0.305 e. The van der Waals surface area contributed by atoms with Crippen LogP contribution in [0.3, 0.4) is 0 Å². The molecule has 4 nitrogen and oxygen atoms in total. The number of hydrogen-bond acceptors (Lipinski definition) is 2. The van der Waals surface area contributed by atoms with E-state index in [-0.39, 0.29) is 23.8 Å². The summed E-state index contributed by atoms with van der Waals surface area (Å²) in [7, 11) is 0. The molecule has 0 heterocycles. The Labute approximate surface area is 149 Å². The van der Waals surface area contributed by atoms with E-state index in [2.05, 4.69) is 5.32 Å². The first-order valence-electron chi connectivity index (χ1n) is 8.40. The third kappa shape index (κ3) is 3.74. The Bertz CT molecular complexity index is 853. The van der Waals surface area contributed by atoms with Crippen LogP contribution in [-0.4, -0.2) is 17.0 Å². The Morgan fingerprint density at radius 1 is 1.19 bits per heavy atom. The Morgan fingerprint density at radius 2 is 1.92 bits per heavy atom. The van der Waals surface area contributed by atoms with Gasteiger partial charge in [0.15, 0.2) is 11.6 Å². The lowest BCUT2D eigenvalue weighted by atomic mass is 9.98. The summed E-state index contributed by atoms with van der Waals surface area (Å²) in [5.41, 5.74) is 1.80. The van der Waals surface area contributed by atoms with Gasteiger partial charge in [0.05, 0.1) is 12.5 Å². The van der Waals surface area contributed by atoms with Crippen LogP contribution in [0.1, 0.15) is 41.5 Å². The van der Waals surface area contributed by atoms with Crippen LogP contribution >= 0.6 is 0 Å². The van der Waals surface area contributed by atoms with Gasteiger partial charge in [-0.05, 0) is 42.0 Å². The standard InChI is InChI=1S/C20H19F2NO3/c1-11-5-2-3-6-12(11)17(10-18(24)25)23-20(26)15-9-14(15)13-7-4-8-16(21)19(13)22/h2-8,14-15,17H,9-10H2,1H3,(H,23,26)(H,24,25). The van der Waals surface area contributed by atoms with Gasteiger partial charge in [-0.3, -0.25) is 9.59 Å². The van der Waals surface area contributed by atoms with Crippen molar-refractivity contribution in [3.63, 3.8) is 0 Å². The van der Waals surface area contributed by atoms with E-state index in [0.717, 1.165) is 17.2 Å². The van der Waals surface area contributed by atoms with Gasteiger partial charge >= 0.3 is 5.97 Å². The lowest BCUT2D eigenvalue weighted by Gasteiger charge is -2.19. The minimum atomic E-state index is -1.03. The van der Waals surface area contributed by atoms with Gasteiger partial charge in [-0.25, -0.2) is 8.78 Å². The Morgan fingerprint density at radius 3 is 2.62 bits per heavy atom. The number of rotatable bonds is 6. The second-order valence-corrected chi connectivity index (χ2v) is 6.61. The molecule has 6 heteroatoms. The first kappa shape index (κ1) is 18.0. The fourth-order valence-electron chi connectivity index (χ4n) is 3.31. The van der Waals surface area contributed by atoms with Crippen molar-refractivity contribution >= 4 is 11.9 Å². The summed E-state index contributed by atoms with van der Waals surface area (Å²) in [5, 5.41) is 11.9. The number of carboxylic acids is 1. The van der Waals surface area contributed by atoms with E-state index >= 15 is 0 Å². The molecule has 0 bridgehead atoms. The zero-order valence-electron chi connectivity index (χ0n) is 14.2. The molecular formula is C20H19F2NO3. The van der Waals surface area contributed by atoms with E-state index in [0.29, 0.717) is 6.42 Å². The van der Waals surface area contributed by atoms with Gasteiger partial charge in [-0.2, -0.15) is 0 Å². The number of carboxylic acid groups (broad SMARTS) is 1. The summed E-state index contributed by atoms with van der Waals surface area (Å²) >= 11 is 0. The van der Waals surface area contributed by atoms with Gasteiger partial charge < -0.3 is 10.4 Å². The van der Waals surface area contributed by atoms with Gasteiger partial charge in [0.2, 0.25) is 5.91 Å². The number of benzene rings is 2. The highest BCUT2D eigenvalue weighted by atomic mass is 19.2. The summed E-state index contributed by atoms with van der Waals surface area (Å²) in [6, 6.07) is 10.5. The van der Waals surface area contributed by atoms with Crippen LogP contribution in [0.25, 0.3) is 0 Å². The summed E-state index contributed by atoms with van der Waals surface area (Å²) in [6.45, 7) is 1.85. The van der Waals surface area contributed by atoms with Crippen molar-refractivity contribution < 1.29 is 23.5 Å². The molecule has 1 saturated carbocycles. The first-order chi connectivity index (χ1) is 12.4. The summed E-state index contributed by atoms with van der Waals surface area (Å²) in [4.78, 5) is 23.7. The normalized spacial score (nSPS) is 19.7. The van der Waals surface area contributed by atoms with Gasteiger partial charge in [-0.15, -0.1) is 0 Å². The summed E-state index contributed by atoms with van der Waals surface area (Å²) in [6.07, 6.45) is 0.169. The van der Waals surface area contributed by atoms with Crippen LogP contribution in [0.2, 0.25) is 0 Å². The maximum absolute atomic E-state index is 13.9. The predicted molar refractivity (Wildman–Crippen MR) is 91.5 cm³/mol. The molecule has 0 aliphatic heterocycles. The predicted octanol–water partition coefficient (Wildman–Crippen LogP) is 3.71. The molecule has 0 aromatic heterocycles. The minimum Gasteiger partial charge on any atom is -0.481 e. The number of amides is 1. The van der Waals surface area contributed by atoms with E-state index in [1.807, 2.05) is 19.1 Å². The van der Waals surface area contributed by atoms with E-state index in [4.69, 9.17) is 5.11 Å².